The van der Waals surface area contributed by atoms with Gasteiger partial charge < -0.3 is 4.74 Å². The summed E-state index contributed by atoms with van der Waals surface area (Å²) in [6, 6.07) is 7.77. The molecule has 0 atom stereocenters. The van der Waals surface area contributed by atoms with Crippen LogP contribution in [-0.4, -0.2) is 5.97 Å². The molecule has 0 aliphatic heterocycles. The summed E-state index contributed by atoms with van der Waals surface area (Å²) in [7, 11) is 0. The van der Waals surface area contributed by atoms with Crippen LogP contribution in [0.3, 0.4) is 0 Å². The molecule has 1 aromatic carbocycles. The lowest BCUT2D eigenvalue weighted by Crippen LogP contribution is -2.08. The molecule has 0 fully saturated rings. The first-order valence-corrected chi connectivity index (χ1v) is 7.10. The van der Waals surface area contributed by atoms with Crippen LogP contribution in [0.4, 0.5) is 0 Å². The quantitative estimate of drug-likeness (QED) is 0.293. The van der Waals surface area contributed by atoms with E-state index >= 15 is 0 Å². The number of benzene rings is 1. The van der Waals surface area contributed by atoms with Crippen LogP contribution in [0, 0.1) is 0 Å². The SMILES string of the molecule is C=C(C)C(=O)Oc1cccc(CCCCCCC)c1. The largest absolute Gasteiger partial charge is 0.423 e. The Bertz CT molecular complexity index is 421. The molecule has 0 N–H and O–H groups in total. The number of rotatable bonds is 8. The first-order valence-electron chi connectivity index (χ1n) is 7.10. The number of ether oxygens (including phenoxy) is 1. The van der Waals surface area contributed by atoms with Gasteiger partial charge in [0.2, 0.25) is 0 Å². The summed E-state index contributed by atoms with van der Waals surface area (Å²) in [6.07, 6.45) is 7.40. The van der Waals surface area contributed by atoms with Crippen LogP contribution >= 0.6 is 0 Å². The lowest BCUT2D eigenvalue weighted by molar-refractivity contribution is -0.130. The molecule has 0 unspecified atom stereocenters. The van der Waals surface area contributed by atoms with E-state index in [1.54, 1.807) is 13.0 Å². The van der Waals surface area contributed by atoms with Gasteiger partial charge in [-0.05, 0) is 37.5 Å². The maximum absolute atomic E-state index is 11.4. The van der Waals surface area contributed by atoms with Crippen molar-refractivity contribution in [3.05, 3.63) is 42.0 Å². The van der Waals surface area contributed by atoms with E-state index in [-0.39, 0.29) is 5.97 Å². The van der Waals surface area contributed by atoms with Gasteiger partial charge in [0, 0.05) is 5.57 Å². The monoisotopic (exact) mass is 260 g/mol. The second-order valence-electron chi connectivity index (χ2n) is 4.98. The van der Waals surface area contributed by atoms with Crippen LogP contribution in [0.2, 0.25) is 0 Å². The molecule has 0 spiro atoms. The second kappa shape index (κ2) is 8.52. The summed E-state index contributed by atoms with van der Waals surface area (Å²) in [4.78, 5) is 11.4. The van der Waals surface area contributed by atoms with E-state index < -0.39 is 0 Å². The topological polar surface area (TPSA) is 26.3 Å². The summed E-state index contributed by atoms with van der Waals surface area (Å²) in [5.41, 5.74) is 1.65. The van der Waals surface area contributed by atoms with Crippen molar-refractivity contribution >= 4 is 5.97 Å². The van der Waals surface area contributed by atoms with Gasteiger partial charge >= 0.3 is 5.97 Å². The van der Waals surface area contributed by atoms with Crippen molar-refractivity contribution in [1.29, 1.82) is 0 Å². The van der Waals surface area contributed by atoms with E-state index in [1.165, 1.54) is 37.7 Å². The van der Waals surface area contributed by atoms with Crippen LogP contribution in [-0.2, 0) is 11.2 Å². The molecule has 0 heterocycles. The van der Waals surface area contributed by atoms with Gasteiger partial charge in [0.25, 0.3) is 0 Å². The number of hydrogen-bond donors (Lipinski definition) is 0. The van der Waals surface area contributed by atoms with Crippen LogP contribution in [0.5, 0.6) is 5.75 Å². The number of carbonyl (C=O) groups excluding carboxylic acids is 1. The summed E-state index contributed by atoms with van der Waals surface area (Å²) < 4.78 is 5.22. The van der Waals surface area contributed by atoms with Crippen molar-refractivity contribution < 1.29 is 9.53 Å². The maximum atomic E-state index is 11.4. The van der Waals surface area contributed by atoms with Gasteiger partial charge in [-0.15, -0.1) is 0 Å². The Morgan fingerprint density at radius 2 is 1.95 bits per heavy atom. The van der Waals surface area contributed by atoms with Crippen molar-refractivity contribution in [3.8, 4) is 5.75 Å². The molecule has 0 saturated heterocycles. The Balaban J connectivity index is 2.43. The third-order valence-corrected chi connectivity index (χ3v) is 3.03. The lowest BCUT2D eigenvalue weighted by atomic mass is 10.1. The zero-order valence-corrected chi connectivity index (χ0v) is 12.1. The number of unbranched alkanes of at least 4 members (excludes halogenated alkanes) is 4. The molecular formula is C17H24O2. The minimum atomic E-state index is -0.361. The molecule has 19 heavy (non-hydrogen) atoms. The molecular weight excluding hydrogens is 236 g/mol. The highest BCUT2D eigenvalue weighted by Crippen LogP contribution is 2.17. The molecule has 0 aromatic heterocycles. The highest BCUT2D eigenvalue weighted by atomic mass is 16.5. The molecule has 0 aliphatic rings. The van der Waals surface area contributed by atoms with Crippen molar-refractivity contribution in [2.75, 3.05) is 0 Å². The summed E-state index contributed by atoms with van der Waals surface area (Å²) in [5, 5.41) is 0. The summed E-state index contributed by atoms with van der Waals surface area (Å²) in [5.74, 6) is 0.249. The van der Waals surface area contributed by atoms with E-state index in [2.05, 4.69) is 19.6 Å². The molecule has 2 heteroatoms. The number of carbonyl (C=O) groups is 1. The van der Waals surface area contributed by atoms with E-state index in [9.17, 15) is 4.79 Å². The fourth-order valence-electron chi connectivity index (χ4n) is 1.89. The van der Waals surface area contributed by atoms with Crippen molar-refractivity contribution in [1.82, 2.24) is 0 Å². The minimum Gasteiger partial charge on any atom is -0.423 e. The van der Waals surface area contributed by atoms with Gasteiger partial charge in [0.15, 0.2) is 0 Å². The van der Waals surface area contributed by atoms with Gasteiger partial charge in [0.1, 0.15) is 5.75 Å². The maximum Gasteiger partial charge on any atom is 0.338 e. The van der Waals surface area contributed by atoms with E-state index in [1.807, 2.05) is 12.1 Å². The van der Waals surface area contributed by atoms with Crippen molar-refractivity contribution in [3.63, 3.8) is 0 Å². The highest BCUT2D eigenvalue weighted by Gasteiger charge is 2.05. The molecule has 1 rings (SSSR count). The smallest absolute Gasteiger partial charge is 0.338 e. The van der Waals surface area contributed by atoms with Crippen LogP contribution in [0.1, 0.15) is 51.5 Å². The Morgan fingerprint density at radius 3 is 2.63 bits per heavy atom. The number of aryl methyl sites for hydroxylation is 1. The highest BCUT2D eigenvalue weighted by molar-refractivity contribution is 5.88. The lowest BCUT2D eigenvalue weighted by Gasteiger charge is -2.06. The Morgan fingerprint density at radius 1 is 1.21 bits per heavy atom. The van der Waals surface area contributed by atoms with Crippen LogP contribution in [0.25, 0.3) is 0 Å². The van der Waals surface area contributed by atoms with Gasteiger partial charge in [-0.1, -0.05) is 51.3 Å². The third-order valence-electron chi connectivity index (χ3n) is 3.03. The Labute approximate surface area is 116 Å². The predicted molar refractivity (Wildman–Crippen MR) is 79.4 cm³/mol. The first-order chi connectivity index (χ1) is 9.13. The van der Waals surface area contributed by atoms with Crippen LogP contribution < -0.4 is 4.74 Å². The second-order valence-corrected chi connectivity index (χ2v) is 4.98. The summed E-state index contributed by atoms with van der Waals surface area (Å²) >= 11 is 0. The molecule has 0 saturated carbocycles. The Hall–Kier alpha value is -1.57. The normalized spacial score (nSPS) is 10.2. The molecule has 0 bridgehead atoms. The average Bonchev–Trinajstić information content (AvgIpc) is 2.39. The zero-order chi connectivity index (χ0) is 14.1. The van der Waals surface area contributed by atoms with E-state index in [4.69, 9.17) is 4.74 Å². The molecule has 104 valence electrons. The van der Waals surface area contributed by atoms with Gasteiger partial charge in [-0.25, -0.2) is 4.79 Å². The Kier molecular flexibility index (Phi) is 6.94. The average molecular weight is 260 g/mol. The van der Waals surface area contributed by atoms with E-state index in [0.29, 0.717) is 11.3 Å². The van der Waals surface area contributed by atoms with Gasteiger partial charge in [-0.3, -0.25) is 0 Å². The third kappa shape index (κ3) is 6.23. The first kappa shape index (κ1) is 15.5. The van der Waals surface area contributed by atoms with Crippen molar-refractivity contribution in [2.45, 2.75) is 52.4 Å². The fourth-order valence-corrected chi connectivity index (χ4v) is 1.89. The number of hydrogen-bond acceptors (Lipinski definition) is 2. The fraction of sp³-hybridized carbons (Fsp3) is 0.471. The molecule has 0 aliphatic carbocycles. The van der Waals surface area contributed by atoms with E-state index in [0.717, 1.165) is 6.42 Å². The number of esters is 1. The predicted octanol–water partition coefficient (Wildman–Crippen LogP) is 4.68. The van der Waals surface area contributed by atoms with Gasteiger partial charge in [-0.2, -0.15) is 0 Å². The molecule has 1 aromatic rings. The van der Waals surface area contributed by atoms with Gasteiger partial charge in [0.05, 0.1) is 0 Å². The molecule has 0 radical (unpaired) electrons. The summed E-state index contributed by atoms with van der Waals surface area (Å²) in [6.45, 7) is 7.45. The van der Waals surface area contributed by atoms with Crippen LogP contribution in [0.15, 0.2) is 36.4 Å². The molecule has 2 nitrogen and oxygen atoms in total. The van der Waals surface area contributed by atoms with Crippen molar-refractivity contribution in [2.24, 2.45) is 0 Å². The zero-order valence-electron chi connectivity index (χ0n) is 12.1. The molecule has 0 amide bonds. The minimum absolute atomic E-state index is 0.361. The standard InChI is InChI=1S/C17H24O2/c1-4-5-6-7-8-10-15-11-9-12-16(13-15)19-17(18)14(2)3/h9,11-13H,2,4-8,10H2,1,3H3.